The topological polar surface area (TPSA) is 78.4 Å². The van der Waals surface area contributed by atoms with Gasteiger partial charge in [-0.25, -0.2) is 4.79 Å². The maximum Gasteiger partial charge on any atom is 0.325 e. The Bertz CT molecular complexity index is 263. The normalized spacial score (nSPS) is 24.9. The van der Waals surface area contributed by atoms with Crippen LogP contribution in [0.5, 0.6) is 0 Å². The van der Waals surface area contributed by atoms with E-state index in [-0.39, 0.29) is 11.5 Å². The van der Waals surface area contributed by atoms with Crippen molar-refractivity contribution >= 4 is 12.0 Å². The molecule has 1 saturated carbocycles. The molecule has 1 aliphatic carbocycles. The average Bonchev–Trinajstić information content (AvgIpc) is 2.57. The van der Waals surface area contributed by atoms with Crippen LogP contribution >= 0.6 is 0 Å². The quantitative estimate of drug-likeness (QED) is 0.622. The predicted molar refractivity (Wildman–Crippen MR) is 51.0 cm³/mol. The van der Waals surface area contributed by atoms with Gasteiger partial charge in [0.15, 0.2) is 0 Å². The lowest BCUT2D eigenvalue weighted by molar-refractivity contribution is -0.138. The number of carbonyl (C=O) groups excluding carboxylic acids is 1. The van der Waals surface area contributed by atoms with E-state index in [1.165, 1.54) is 6.92 Å². The van der Waals surface area contributed by atoms with Crippen LogP contribution in [0.15, 0.2) is 0 Å². The minimum Gasteiger partial charge on any atom is -0.480 e. The van der Waals surface area contributed by atoms with Gasteiger partial charge in [-0.1, -0.05) is 13.8 Å². The van der Waals surface area contributed by atoms with Gasteiger partial charge in [0.2, 0.25) is 0 Å². The van der Waals surface area contributed by atoms with Crippen molar-refractivity contribution in [3.05, 3.63) is 0 Å². The van der Waals surface area contributed by atoms with Gasteiger partial charge in [0, 0.05) is 6.04 Å². The SMILES string of the molecule is CC(NC(=O)NC1CC1(C)C)C(=O)O. The van der Waals surface area contributed by atoms with Gasteiger partial charge in [0.1, 0.15) is 6.04 Å². The molecule has 0 aliphatic heterocycles. The molecule has 5 nitrogen and oxygen atoms in total. The Kier molecular flexibility index (Phi) is 2.69. The smallest absolute Gasteiger partial charge is 0.325 e. The molecule has 0 saturated heterocycles. The van der Waals surface area contributed by atoms with E-state index in [9.17, 15) is 9.59 Å². The fourth-order valence-electron chi connectivity index (χ4n) is 1.17. The van der Waals surface area contributed by atoms with Gasteiger partial charge in [-0.05, 0) is 18.8 Å². The summed E-state index contributed by atoms with van der Waals surface area (Å²) in [6.45, 7) is 5.54. The highest BCUT2D eigenvalue weighted by molar-refractivity contribution is 5.82. The molecule has 1 rings (SSSR count). The molecule has 2 amide bonds. The number of urea groups is 1. The molecule has 0 aromatic heterocycles. The van der Waals surface area contributed by atoms with E-state index in [2.05, 4.69) is 24.5 Å². The van der Waals surface area contributed by atoms with E-state index >= 15 is 0 Å². The number of carbonyl (C=O) groups is 2. The van der Waals surface area contributed by atoms with Crippen LogP contribution in [0.1, 0.15) is 27.2 Å². The third-order valence-corrected chi connectivity index (χ3v) is 2.54. The maximum atomic E-state index is 11.2. The zero-order valence-electron chi connectivity index (χ0n) is 8.63. The molecule has 0 heterocycles. The fourth-order valence-corrected chi connectivity index (χ4v) is 1.17. The first kappa shape index (κ1) is 10.8. The van der Waals surface area contributed by atoms with Gasteiger partial charge in [0.25, 0.3) is 0 Å². The van der Waals surface area contributed by atoms with Crippen LogP contribution in [-0.2, 0) is 4.79 Å². The predicted octanol–water partition coefficient (Wildman–Crippen LogP) is 0.557. The minimum atomic E-state index is -1.03. The fraction of sp³-hybridized carbons (Fsp3) is 0.778. The van der Waals surface area contributed by atoms with Gasteiger partial charge in [-0.3, -0.25) is 4.79 Å². The highest BCUT2D eigenvalue weighted by Gasteiger charge is 2.46. The van der Waals surface area contributed by atoms with E-state index in [0.29, 0.717) is 0 Å². The van der Waals surface area contributed by atoms with E-state index in [4.69, 9.17) is 5.11 Å². The molecular weight excluding hydrogens is 184 g/mol. The lowest BCUT2D eigenvalue weighted by Gasteiger charge is -2.11. The monoisotopic (exact) mass is 200 g/mol. The van der Waals surface area contributed by atoms with Gasteiger partial charge in [-0.15, -0.1) is 0 Å². The van der Waals surface area contributed by atoms with Crippen LogP contribution in [-0.4, -0.2) is 29.2 Å². The minimum absolute atomic E-state index is 0.157. The highest BCUT2D eigenvalue weighted by atomic mass is 16.4. The van der Waals surface area contributed by atoms with Crippen molar-refractivity contribution in [1.82, 2.24) is 10.6 Å². The van der Waals surface area contributed by atoms with E-state index < -0.39 is 18.0 Å². The molecule has 80 valence electrons. The van der Waals surface area contributed by atoms with Gasteiger partial charge in [0.05, 0.1) is 0 Å². The Balaban J connectivity index is 2.27. The van der Waals surface area contributed by atoms with E-state index in [1.807, 2.05) is 0 Å². The highest BCUT2D eigenvalue weighted by Crippen LogP contribution is 2.44. The Morgan fingerprint density at radius 3 is 2.36 bits per heavy atom. The summed E-state index contributed by atoms with van der Waals surface area (Å²) >= 11 is 0. The molecule has 2 atom stereocenters. The van der Waals surface area contributed by atoms with Crippen LogP contribution in [0.2, 0.25) is 0 Å². The summed E-state index contributed by atoms with van der Waals surface area (Å²) in [7, 11) is 0. The third-order valence-electron chi connectivity index (χ3n) is 2.54. The third kappa shape index (κ3) is 2.61. The number of hydrogen-bond acceptors (Lipinski definition) is 2. The Hall–Kier alpha value is -1.26. The van der Waals surface area contributed by atoms with Crippen molar-refractivity contribution in [2.75, 3.05) is 0 Å². The molecule has 2 unspecified atom stereocenters. The van der Waals surface area contributed by atoms with Crippen LogP contribution in [0, 0.1) is 5.41 Å². The van der Waals surface area contributed by atoms with Gasteiger partial charge < -0.3 is 15.7 Å². The molecule has 0 aromatic carbocycles. The number of rotatable bonds is 3. The van der Waals surface area contributed by atoms with Crippen molar-refractivity contribution in [1.29, 1.82) is 0 Å². The lowest BCUT2D eigenvalue weighted by atomic mass is 10.2. The largest absolute Gasteiger partial charge is 0.480 e. The molecule has 3 N–H and O–H groups in total. The van der Waals surface area contributed by atoms with Crippen molar-refractivity contribution in [2.45, 2.75) is 39.3 Å². The van der Waals surface area contributed by atoms with E-state index in [1.54, 1.807) is 0 Å². The zero-order valence-corrected chi connectivity index (χ0v) is 8.63. The first-order valence-electron chi connectivity index (χ1n) is 4.63. The molecule has 1 aliphatic rings. The second-order valence-electron chi connectivity index (χ2n) is 4.42. The second-order valence-corrected chi connectivity index (χ2v) is 4.42. The lowest BCUT2D eigenvalue weighted by Crippen LogP contribution is -2.45. The summed E-state index contributed by atoms with van der Waals surface area (Å²) in [5.41, 5.74) is 0.157. The summed E-state index contributed by atoms with van der Waals surface area (Å²) < 4.78 is 0. The Morgan fingerprint density at radius 1 is 1.50 bits per heavy atom. The van der Waals surface area contributed by atoms with E-state index in [0.717, 1.165) is 6.42 Å². The number of nitrogens with one attached hydrogen (secondary N) is 2. The standard InChI is InChI=1S/C9H16N2O3/c1-5(7(12)13)10-8(14)11-6-4-9(6,2)3/h5-6H,4H2,1-3H3,(H,12,13)(H2,10,11,14). The summed E-state index contributed by atoms with van der Waals surface area (Å²) in [5, 5.41) is 13.6. The van der Waals surface area contributed by atoms with Crippen molar-refractivity contribution < 1.29 is 14.7 Å². The zero-order chi connectivity index (χ0) is 10.9. The number of aliphatic carboxylic acids is 1. The van der Waals surface area contributed by atoms with Crippen LogP contribution in [0.25, 0.3) is 0 Å². The summed E-state index contributed by atoms with van der Waals surface area (Å²) in [6, 6.07) is -1.09. The number of hydrogen-bond donors (Lipinski definition) is 3. The number of amides is 2. The summed E-state index contributed by atoms with van der Waals surface area (Å²) in [6.07, 6.45) is 0.946. The first-order valence-corrected chi connectivity index (χ1v) is 4.63. The van der Waals surface area contributed by atoms with Crippen LogP contribution in [0.3, 0.4) is 0 Å². The molecule has 1 fully saturated rings. The average molecular weight is 200 g/mol. The number of carboxylic acids is 1. The molecule has 0 spiro atoms. The molecule has 0 radical (unpaired) electrons. The molecular formula is C9H16N2O3. The van der Waals surface area contributed by atoms with Crippen LogP contribution < -0.4 is 10.6 Å². The molecule has 0 aromatic rings. The maximum absolute atomic E-state index is 11.2. The Labute approximate surface area is 82.9 Å². The molecule has 5 heteroatoms. The second kappa shape index (κ2) is 3.48. The summed E-state index contributed by atoms with van der Waals surface area (Å²) in [4.78, 5) is 21.6. The Morgan fingerprint density at radius 2 is 2.00 bits per heavy atom. The van der Waals surface area contributed by atoms with Gasteiger partial charge >= 0.3 is 12.0 Å². The van der Waals surface area contributed by atoms with Crippen molar-refractivity contribution in [2.24, 2.45) is 5.41 Å². The first-order chi connectivity index (χ1) is 6.33. The van der Waals surface area contributed by atoms with Crippen molar-refractivity contribution in [3.8, 4) is 0 Å². The summed E-state index contributed by atoms with van der Waals surface area (Å²) in [5.74, 6) is -1.03. The molecule has 14 heavy (non-hydrogen) atoms. The number of carboxylic acid groups (broad SMARTS) is 1. The van der Waals surface area contributed by atoms with Gasteiger partial charge in [-0.2, -0.15) is 0 Å². The molecule has 0 bridgehead atoms. The van der Waals surface area contributed by atoms with Crippen molar-refractivity contribution in [3.63, 3.8) is 0 Å². The van der Waals surface area contributed by atoms with Crippen LogP contribution in [0.4, 0.5) is 4.79 Å².